The van der Waals surface area contributed by atoms with Gasteiger partial charge in [-0.2, -0.15) is 0 Å². The highest BCUT2D eigenvalue weighted by Crippen LogP contribution is 2.24. The zero-order chi connectivity index (χ0) is 11.1. The molecule has 0 heterocycles. The fourth-order valence-corrected chi connectivity index (χ4v) is 1.97. The van der Waals surface area contributed by atoms with E-state index in [0.29, 0.717) is 25.5 Å². The van der Waals surface area contributed by atoms with Crippen LogP contribution in [0.4, 0.5) is 0 Å². The van der Waals surface area contributed by atoms with Gasteiger partial charge in [0.25, 0.3) is 0 Å². The minimum absolute atomic E-state index is 0.153. The number of aliphatic hydroxyl groups is 1. The van der Waals surface area contributed by atoms with E-state index in [9.17, 15) is 9.90 Å². The molecule has 0 aromatic rings. The Balaban J connectivity index is 1.99. The molecule has 0 saturated heterocycles. The van der Waals surface area contributed by atoms with E-state index in [-0.39, 0.29) is 12.1 Å². The Kier molecular flexibility index (Phi) is 5.65. The Morgan fingerprint density at radius 1 is 1.53 bits per heavy atom. The first-order valence-electron chi connectivity index (χ1n) is 5.78. The minimum Gasteiger partial charge on any atom is -0.466 e. The Labute approximate surface area is 91.0 Å². The lowest BCUT2D eigenvalue weighted by Crippen LogP contribution is -2.29. The fourth-order valence-electron chi connectivity index (χ4n) is 1.97. The zero-order valence-electron chi connectivity index (χ0n) is 9.37. The van der Waals surface area contributed by atoms with Crippen molar-refractivity contribution in [1.82, 2.24) is 5.32 Å². The third kappa shape index (κ3) is 4.62. The molecule has 2 atom stereocenters. The minimum atomic E-state index is -0.156. The molecule has 1 aliphatic rings. The molecule has 0 aliphatic heterocycles. The van der Waals surface area contributed by atoms with Crippen LogP contribution in [0.2, 0.25) is 0 Å². The van der Waals surface area contributed by atoms with Crippen LogP contribution in [-0.4, -0.2) is 36.9 Å². The van der Waals surface area contributed by atoms with Crippen LogP contribution >= 0.6 is 0 Å². The van der Waals surface area contributed by atoms with E-state index in [2.05, 4.69) is 5.32 Å². The predicted octanol–water partition coefficient (Wildman–Crippen LogP) is 0.690. The Morgan fingerprint density at radius 2 is 2.33 bits per heavy atom. The van der Waals surface area contributed by atoms with Gasteiger partial charge in [-0.25, -0.2) is 0 Å². The van der Waals surface area contributed by atoms with E-state index in [4.69, 9.17) is 4.74 Å². The van der Waals surface area contributed by atoms with Gasteiger partial charge in [0.15, 0.2) is 0 Å². The summed E-state index contributed by atoms with van der Waals surface area (Å²) in [6.07, 6.45) is 3.39. The number of carbonyl (C=O) groups excluding carboxylic acids is 1. The number of carbonyl (C=O) groups is 1. The maximum atomic E-state index is 11.0. The van der Waals surface area contributed by atoms with Crippen LogP contribution in [0.3, 0.4) is 0 Å². The molecule has 0 aromatic heterocycles. The summed E-state index contributed by atoms with van der Waals surface area (Å²) >= 11 is 0. The Bertz CT molecular complexity index is 196. The van der Waals surface area contributed by atoms with E-state index >= 15 is 0 Å². The molecule has 1 saturated carbocycles. The normalized spacial score (nSPS) is 25.5. The standard InChI is InChI=1S/C11H21NO3/c1-2-15-11(14)6-7-12-8-9-4-3-5-10(9)13/h9-10,12-13H,2-8H2,1H3. The summed E-state index contributed by atoms with van der Waals surface area (Å²) in [6.45, 7) is 3.70. The number of hydrogen-bond donors (Lipinski definition) is 2. The molecule has 1 fully saturated rings. The van der Waals surface area contributed by atoms with Gasteiger partial charge in [-0.1, -0.05) is 6.42 Å². The van der Waals surface area contributed by atoms with Gasteiger partial charge in [0.05, 0.1) is 19.1 Å². The summed E-state index contributed by atoms with van der Waals surface area (Å²) in [6, 6.07) is 0. The highest BCUT2D eigenvalue weighted by Gasteiger charge is 2.24. The van der Waals surface area contributed by atoms with Crippen molar-refractivity contribution in [3.05, 3.63) is 0 Å². The second kappa shape index (κ2) is 6.80. The van der Waals surface area contributed by atoms with Crippen molar-refractivity contribution in [2.75, 3.05) is 19.7 Å². The summed E-state index contributed by atoms with van der Waals surface area (Å²) in [4.78, 5) is 11.0. The number of aliphatic hydroxyl groups excluding tert-OH is 1. The third-order valence-corrected chi connectivity index (χ3v) is 2.84. The molecule has 1 aliphatic carbocycles. The maximum absolute atomic E-state index is 11.0. The van der Waals surface area contributed by atoms with Crippen molar-refractivity contribution in [2.24, 2.45) is 5.92 Å². The van der Waals surface area contributed by atoms with Crippen LogP contribution in [0.1, 0.15) is 32.6 Å². The molecule has 0 radical (unpaired) electrons. The molecular weight excluding hydrogens is 194 g/mol. The first-order chi connectivity index (χ1) is 7.24. The fraction of sp³-hybridized carbons (Fsp3) is 0.909. The van der Waals surface area contributed by atoms with Crippen LogP contribution in [-0.2, 0) is 9.53 Å². The van der Waals surface area contributed by atoms with Crippen molar-refractivity contribution < 1.29 is 14.6 Å². The van der Waals surface area contributed by atoms with Gasteiger partial charge in [0, 0.05) is 13.1 Å². The Morgan fingerprint density at radius 3 is 2.93 bits per heavy atom. The molecule has 2 N–H and O–H groups in total. The summed E-state index contributed by atoms with van der Waals surface area (Å²) in [7, 11) is 0. The van der Waals surface area contributed by atoms with Crippen LogP contribution in [0.15, 0.2) is 0 Å². The van der Waals surface area contributed by atoms with Crippen molar-refractivity contribution in [3.8, 4) is 0 Å². The van der Waals surface area contributed by atoms with Gasteiger partial charge in [-0.3, -0.25) is 4.79 Å². The van der Waals surface area contributed by atoms with Crippen molar-refractivity contribution in [3.63, 3.8) is 0 Å². The van der Waals surface area contributed by atoms with Gasteiger partial charge in [-0.05, 0) is 25.7 Å². The van der Waals surface area contributed by atoms with E-state index < -0.39 is 0 Å². The van der Waals surface area contributed by atoms with Crippen LogP contribution in [0, 0.1) is 5.92 Å². The molecular formula is C11H21NO3. The molecule has 0 bridgehead atoms. The summed E-state index contributed by atoms with van der Waals surface area (Å²) in [5.74, 6) is 0.212. The molecule has 4 nitrogen and oxygen atoms in total. The summed E-state index contributed by atoms with van der Waals surface area (Å²) < 4.78 is 4.81. The van der Waals surface area contributed by atoms with Crippen LogP contribution < -0.4 is 5.32 Å². The second-order valence-electron chi connectivity index (χ2n) is 4.02. The lowest BCUT2D eigenvalue weighted by Gasteiger charge is -2.14. The molecule has 1 rings (SSSR count). The van der Waals surface area contributed by atoms with Gasteiger partial charge in [0.2, 0.25) is 0 Å². The Hall–Kier alpha value is -0.610. The van der Waals surface area contributed by atoms with Gasteiger partial charge in [-0.15, -0.1) is 0 Å². The lowest BCUT2D eigenvalue weighted by molar-refractivity contribution is -0.142. The topological polar surface area (TPSA) is 58.6 Å². The molecule has 0 spiro atoms. The monoisotopic (exact) mass is 215 g/mol. The van der Waals surface area contributed by atoms with Crippen molar-refractivity contribution in [2.45, 2.75) is 38.7 Å². The lowest BCUT2D eigenvalue weighted by atomic mass is 10.1. The van der Waals surface area contributed by atoms with Crippen molar-refractivity contribution >= 4 is 5.97 Å². The number of esters is 1. The number of hydrogen-bond acceptors (Lipinski definition) is 4. The number of rotatable bonds is 6. The smallest absolute Gasteiger partial charge is 0.307 e. The van der Waals surface area contributed by atoms with E-state index in [1.165, 1.54) is 0 Å². The molecule has 0 amide bonds. The summed E-state index contributed by atoms with van der Waals surface area (Å²) in [5.41, 5.74) is 0. The quantitative estimate of drug-likeness (QED) is 0.505. The van der Waals surface area contributed by atoms with Gasteiger partial charge in [0.1, 0.15) is 0 Å². The highest BCUT2D eigenvalue weighted by atomic mass is 16.5. The first-order valence-corrected chi connectivity index (χ1v) is 5.78. The molecule has 15 heavy (non-hydrogen) atoms. The van der Waals surface area contributed by atoms with Crippen LogP contribution in [0.25, 0.3) is 0 Å². The van der Waals surface area contributed by atoms with E-state index in [1.54, 1.807) is 6.92 Å². The van der Waals surface area contributed by atoms with E-state index in [1.807, 2.05) is 0 Å². The molecule has 88 valence electrons. The largest absolute Gasteiger partial charge is 0.466 e. The number of ether oxygens (including phenoxy) is 1. The third-order valence-electron chi connectivity index (χ3n) is 2.84. The molecule has 0 aromatic carbocycles. The number of nitrogens with one attached hydrogen (secondary N) is 1. The average molecular weight is 215 g/mol. The molecule has 4 heteroatoms. The second-order valence-corrected chi connectivity index (χ2v) is 4.02. The van der Waals surface area contributed by atoms with Crippen molar-refractivity contribution in [1.29, 1.82) is 0 Å². The van der Waals surface area contributed by atoms with Gasteiger partial charge >= 0.3 is 5.97 Å². The highest BCUT2D eigenvalue weighted by molar-refractivity contribution is 5.69. The average Bonchev–Trinajstić information content (AvgIpc) is 2.60. The molecule has 2 unspecified atom stereocenters. The predicted molar refractivity (Wildman–Crippen MR) is 57.5 cm³/mol. The summed E-state index contributed by atoms with van der Waals surface area (Å²) in [5, 5.41) is 12.7. The van der Waals surface area contributed by atoms with E-state index in [0.717, 1.165) is 25.8 Å². The van der Waals surface area contributed by atoms with Gasteiger partial charge < -0.3 is 15.2 Å². The first kappa shape index (κ1) is 12.5. The zero-order valence-corrected chi connectivity index (χ0v) is 9.37. The SMILES string of the molecule is CCOC(=O)CCNCC1CCCC1O. The van der Waals surface area contributed by atoms with Crippen LogP contribution in [0.5, 0.6) is 0 Å². The maximum Gasteiger partial charge on any atom is 0.307 e.